The summed E-state index contributed by atoms with van der Waals surface area (Å²) in [5, 5.41) is 13.2. The molecule has 1 saturated heterocycles. The largest absolute Gasteiger partial charge is 0.353 e. The third-order valence-corrected chi connectivity index (χ3v) is 4.23. The average molecular weight is 312 g/mol. The van der Waals surface area contributed by atoms with E-state index in [9.17, 15) is 5.26 Å². The lowest BCUT2D eigenvalue weighted by Gasteiger charge is -2.37. The zero-order valence-electron chi connectivity index (χ0n) is 13.4. The smallest absolute Gasteiger partial charge is 0.243 e. The van der Waals surface area contributed by atoms with E-state index in [1.54, 1.807) is 12.3 Å². The molecule has 1 fully saturated rings. The number of nitrogens with zero attached hydrogens (tertiary/aromatic N) is 6. The summed E-state index contributed by atoms with van der Waals surface area (Å²) < 4.78 is 5.35. The fourth-order valence-corrected chi connectivity index (χ4v) is 2.79. The third-order valence-electron chi connectivity index (χ3n) is 4.23. The van der Waals surface area contributed by atoms with E-state index >= 15 is 0 Å². The summed E-state index contributed by atoms with van der Waals surface area (Å²) in [5.41, 5.74) is 0.624. The van der Waals surface area contributed by atoms with Crippen molar-refractivity contribution >= 4 is 5.82 Å². The Morgan fingerprint density at radius 3 is 2.78 bits per heavy atom. The van der Waals surface area contributed by atoms with Crippen molar-refractivity contribution in [1.82, 2.24) is 20.0 Å². The lowest BCUT2D eigenvalue weighted by molar-refractivity contribution is 0.164. The van der Waals surface area contributed by atoms with Gasteiger partial charge >= 0.3 is 0 Å². The highest BCUT2D eigenvalue weighted by Crippen LogP contribution is 2.23. The number of piperazine rings is 1. The Labute approximate surface area is 135 Å². The molecule has 0 aromatic carbocycles. The lowest BCUT2D eigenvalue weighted by Crippen LogP contribution is -2.47. The van der Waals surface area contributed by atoms with E-state index in [-0.39, 0.29) is 6.04 Å². The Balaban J connectivity index is 1.65. The minimum Gasteiger partial charge on any atom is -0.353 e. The van der Waals surface area contributed by atoms with Gasteiger partial charge in [-0.3, -0.25) is 4.90 Å². The van der Waals surface area contributed by atoms with Gasteiger partial charge in [-0.25, -0.2) is 4.98 Å². The molecule has 0 aliphatic carbocycles. The maximum absolute atomic E-state index is 9.21. The van der Waals surface area contributed by atoms with Crippen molar-refractivity contribution in [3.63, 3.8) is 0 Å². The van der Waals surface area contributed by atoms with Crippen LogP contribution < -0.4 is 4.90 Å². The van der Waals surface area contributed by atoms with Crippen LogP contribution in [0.2, 0.25) is 0 Å². The summed E-state index contributed by atoms with van der Waals surface area (Å²) in [6, 6.07) is 5.91. The first kappa shape index (κ1) is 15.4. The van der Waals surface area contributed by atoms with E-state index in [0.29, 0.717) is 11.5 Å². The van der Waals surface area contributed by atoms with Gasteiger partial charge in [0.05, 0.1) is 11.6 Å². The molecule has 3 rings (SSSR count). The van der Waals surface area contributed by atoms with Crippen LogP contribution in [0.4, 0.5) is 5.82 Å². The maximum atomic E-state index is 9.21. The second-order valence-corrected chi connectivity index (χ2v) is 5.59. The van der Waals surface area contributed by atoms with Crippen LogP contribution >= 0.6 is 0 Å². The quantitative estimate of drug-likeness (QED) is 0.851. The molecule has 7 heteroatoms. The van der Waals surface area contributed by atoms with Crippen LogP contribution in [0.3, 0.4) is 0 Å². The second kappa shape index (κ2) is 6.75. The predicted octanol–water partition coefficient (Wildman–Crippen LogP) is 1.78. The standard InChI is InChI=1S/C16H20N6O/c1-3-14-19-16(23-20-14)12(2)21-7-9-22(10-8-21)15-13(11-17)5-4-6-18-15/h4-6,12H,3,7-10H2,1-2H3/t12-/m1/s1. The molecule has 0 unspecified atom stereocenters. The highest BCUT2D eigenvalue weighted by molar-refractivity contribution is 5.53. The van der Waals surface area contributed by atoms with Crippen LogP contribution in [-0.2, 0) is 6.42 Å². The SMILES string of the molecule is CCc1noc([C@@H](C)N2CCN(c3ncccc3C#N)CC2)n1. The maximum Gasteiger partial charge on any atom is 0.243 e. The molecule has 0 amide bonds. The van der Waals surface area contributed by atoms with Gasteiger partial charge in [0.1, 0.15) is 11.9 Å². The Morgan fingerprint density at radius 2 is 2.13 bits per heavy atom. The fourth-order valence-electron chi connectivity index (χ4n) is 2.79. The van der Waals surface area contributed by atoms with Gasteiger partial charge in [0.15, 0.2) is 5.82 Å². The number of hydrogen-bond donors (Lipinski definition) is 0. The van der Waals surface area contributed by atoms with E-state index in [1.807, 2.05) is 13.0 Å². The molecule has 2 aromatic heterocycles. The average Bonchev–Trinajstić information content (AvgIpc) is 3.10. The number of aromatic nitrogens is 3. The van der Waals surface area contributed by atoms with Crippen molar-refractivity contribution in [3.8, 4) is 6.07 Å². The van der Waals surface area contributed by atoms with E-state index in [1.165, 1.54) is 0 Å². The molecule has 1 aliphatic heterocycles. The summed E-state index contributed by atoms with van der Waals surface area (Å²) in [6.45, 7) is 7.48. The van der Waals surface area contributed by atoms with E-state index < -0.39 is 0 Å². The molecule has 0 bridgehead atoms. The van der Waals surface area contributed by atoms with Crippen molar-refractivity contribution in [2.75, 3.05) is 31.1 Å². The van der Waals surface area contributed by atoms with E-state index in [4.69, 9.17) is 4.52 Å². The number of pyridine rings is 1. The first-order chi connectivity index (χ1) is 11.2. The Hall–Kier alpha value is -2.46. The van der Waals surface area contributed by atoms with Crippen LogP contribution in [0.25, 0.3) is 0 Å². The molecule has 1 atom stereocenters. The molecule has 0 saturated carbocycles. The first-order valence-electron chi connectivity index (χ1n) is 7.89. The molecular weight excluding hydrogens is 292 g/mol. The first-order valence-corrected chi connectivity index (χ1v) is 7.89. The van der Waals surface area contributed by atoms with Crippen LogP contribution in [0, 0.1) is 11.3 Å². The fraction of sp³-hybridized carbons (Fsp3) is 0.500. The number of rotatable bonds is 4. The van der Waals surface area contributed by atoms with Crippen molar-refractivity contribution < 1.29 is 4.52 Å². The number of hydrogen-bond acceptors (Lipinski definition) is 7. The van der Waals surface area contributed by atoms with Crippen molar-refractivity contribution in [1.29, 1.82) is 5.26 Å². The zero-order chi connectivity index (χ0) is 16.2. The Morgan fingerprint density at radius 1 is 1.35 bits per heavy atom. The van der Waals surface area contributed by atoms with Gasteiger partial charge in [-0.2, -0.15) is 10.2 Å². The zero-order valence-corrected chi connectivity index (χ0v) is 13.4. The van der Waals surface area contributed by atoms with E-state index in [0.717, 1.165) is 44.2 Å². The van der Waals surface area contributed by atoms with Crippen molar-refractivity contribution in [3.05, 3.63) is 35.6 Å². The molecule has 0 N–H and O–H groups in total. The topological polar surface area (TPSA) is 82.1 Å². The van der Waals surface area contributed by atoms with Gasteiger partial charge in [-0.05, 0) is 19.1 Å². The minimum atomic E-state index is 0.101. The van der Waals surface area contributed by atoms with E-state index in [2.05, 4.69) is 37.9 Å². The summed E-state index contributed by atoms with van der Waals surface area (Å²) in [7, 11) is 0. The molecule has 2 aromatic rings. The second-order valence-electron chi connectivity index (χ2n) is 5.59. The summed E-state index contributed by atoms with van der Waals surface area (Å²) >= 11 is 0. The van der Waals surface area contributed by atoms with Gasteiger partial charge in [0.2, 0.25) is 5.89 Å². The molecular formula is C16H20N6O. The van der Waals surface area contributed by atoms with Crippen LogP contribution in [0.15, 0.2) is 22.9 Å². The Bertz CT molecular complexity index is 699. The monoisotopic (exact) mass is 312 g/mol. The van der Waals surface area contributed by atoms with Gasteiger partial charge in [-0.15, -0.1) is 0 Å². The third kappa shape index (κ3) is 3.17. The normalized spacial score (nSPS) is 17.0. The number of anilines is 1. The molecule has 0 spiro atoms. The molecule has 23 heavy (non-hydrogen) atoms. The van der Waals surface area contributed by atoms with Crippen LogP contribution in [-0.4, -0.2) is 46.2 Å². The van der Waals surface area contributed by atoms with Crippen LogP contribution in [0.1, 0.15) is 37.2 Å². The van der Waals surface area contributed by atoms with Crippen molar-refractivity contribution in [2.45, 2.75) is 26.3 Å². The molecule has 0 radical (unpaired) electrons. The number of nitriles is 1. The molecule has 120 valence electrons. The van der Waals surface area contributed by atoms with Gasteiger partial charge in [-0.1, -0.05) is 12.1 Å². The summed E-state index contributed by atoms with van der Waals surface area (Å²) in [6.07, 6.45) is 2.51. The van der Waals surface area contributed by atoms with Crippen LogP contribution in [0.5, 0.6) is 0 Å². The summed E-state index contributed by atoms with van der Waals surface area (Å²) in [5.74, 6) is 2.19. The van der Waals surface area contributed by atoms with Gasteiger partial charge < -0.3 is 9.42 Å². The molecule has 1 aliphatic rings. The predicted molar refractivity (Wildman–Crippen MR) is 84.8 cm³/mol. The van der Waals surface area contributed by atoms with Gasteiger partial charge in [0.25, 0.3) is 0 Å². The highest BCUT2D eigenvalue weighted by atomic mass is 16.5. The summed E-state index contributed by atoms with van der Waals surface area (Å²) in [4.78, 5) is 13.3. The van der Waals surface area contributed by atoms with Crippen molar-refractivity contribution in [2.24, 2.45) is 0 Å². The minimum absolute atomic E-state index is 0.101. The highest BCUT2D eigenvalue weighted by Gasteiger charge is 2.26. The lowest BCUT2D eigenvalue weighted by atomic mass is 10.2. The molecule has 7 nitrogen and oxygen atoms in total. The Kier molecular flexibility index (Phi) is 4.53. The van der Waals surface area contributed by atoms with Gasteiger partial charge in [0, 0.05) is 38.8 Å². The number of aryl methyl sites for hydroxylation is 1. The molecule has 3 heterocycles.